The Hall–Kier alpha value is -2.14. The van der Waals surface area contributed by atoms with Gasteiger partial charge in [0.05, 0.1) is 6.54 Å². The van der Waals surface area contributed by atoms with Gasteiger partial charge in [0.1, 0.15) is 0 Å². The minimum atomic E-state index is -0.674. The first-order valence-electron chi connectivity index (χ1n) is 6.07. The Morgan fingerprint density at radius 1 is 1.35 bits per heavy atom. The molecule has 2 rings (SSSR count). The van der Waals surface area contributed by atoms with Crippen molar-refractivity contribution in [2.24, 2.45) is 0 Å². The predicted molar refractivity (Wildman–Crippen MR) is 76.8 cm³/mol. The number of Topliss-reactive ketones (excluding diaryl/α,β-unsaturated/α-hetero) is 1. The second kappa shape index (κ2) is 5.88. The van der Waals surface area contributed by atoms with Crippen molar-refractivity contribution in [3.05, 3.63) is 46.6 Å². The van der Waals surface area contributed by atoms with E-state index >= 15 is 0 Å². The van der Waals surface area contributed by atoms with Gasteiger partial charge in [0, 0.05) is 23.7 Å². The van der Waals surface area contributed by atoms with E-state index in [1.54, 1.807) is 10.7 Å². The van der Waals surface area contributed by atoms with E-state index in [-0.39, 0.29) is 0 Å². The van der Waals surface area contributed by atoms with Gasteiger partial charge >= 0.3 is 0 Å². The van der Waals surface area contributed by atoms with Crippen LogP contribution in [0.2, 0.25) is 5.02 Å². The highest BCUT2D eigenvalue weighted by Gasteiger charge is 2.12. The molecule has 1 N–H and O–H groups in total. The molecule has 0 bridgehead atoms. The van der Waals surface area contributed by atoms with Crippen molar-refractivity contribution in [3.8, 4) is 0 Å². The Labute approximate surface area is 121 Å². The summed E-state index contributed by atoms with van der Waals surface area (Å²) in [6, 6.07) is 9.20. The number of anilines is 1. The van der Waals surface area contributed by atoms with Gasteiger partial charge < -0.3 is 5.32 Å². The molecule has 0 aliphatic rings. The maximum Gasteiger partial charge on any atom is 0.292 e. The minimum Gasteiger partial charge on any atom is -0.303 e. The van der Waals surface area contributed by atoms with Crippen LogP contribution in [0.5, 0.6) is 0 Å². The summed E-state index contributed by atoms with van der Waals surface area (Å²) in [5.74, 6) is -0.870. The quantitative estimate of drug-likeness (QED) is 0.880. The van der Waals surface area contributed by atoms with Gasteiger partial charge in [-0.25, -0.2) is 0 Å². The molecule has 0 radical (unpaired) electrons. The molecule has 0 aliphatic carbocycles. The summed E-state index contributed by atoms with van der Waals surface area (Å²) in [6.45, 7) is 3.58. The Morgan fingerprint density at radius 2 is 2.05 bits per heavy atom. The number of nitrogens with zero attached hydrogens (tertiary/aromatic N) is 2. The number of aryl methyl sites for hydroxylation is 1. The number of benzene rings is 1. The number of ketones is 1. The maximum atomic E-state index is 11.3. The third-order valence-corrected chi connectivity index (χ3v) is 3.19. The summed E-state index contributed by atoms with van der Waals surface area (Å²) in [5, 5.41) is 7.36. The summed E-state index contributed by atoms with van der Waals surface area (Å²) < 4.78 is 1.72. The first-order chi connectivity index (χ1) is 9.47. The van der Waals surface area contributed by atoms with Gasteiger partial charge in [-0.1, -0.05) is 29.8 Å². The highest BCUT2D eigenvalue weighted by atomic mass is 35.5. The van der Waals surface area contributed by atoms with Crippen molar-refractivity contribution >= 4 is 29.1 Å². The van der Waals surface area contributed by atoms with E-state index in [1.807, 2.05) is 31.2 Å². The van der Waals surface area contributed by atoms with Crippen LogP contribution in [0.4, 0.5) is 5.82 Å². The summed E-state index contributed by atoms with van der Waals surface area (Å²) in [6.07, 6.45) is 0. The number of amides is 1. The van der Waals surface area contributed by atoms with Crippen LogP contribution in [0.3, 0.4) is 0 Å². The van der Waals surface area contributed by atoms with E-state index in [0.29, 0.717) is 17.4 Å². The van der Waals surface area contributed by atoms with Gasteiger partial charge in [-0.15, -0.1) is 0 Å². The molecule has 0 saturated heterocycles. The first kappa shape index (κ1) is 14.3. The number of halogens is 1. The summed E-state index contributed by atoms with van der Waals surface area (Å²) in [5.41, 5.74) is 1.80. The van der Waals surface area contributed by atoms with Gasteiger partial charge in [-0.05, 0) is 18.6 Å². The third-order valence-electron chi connectivity index (χ3n) is 2.82. The van der Waals surface area contributed by atoms with E-state index in [4.69, 9.17) is 11.6 Å². The maximum absolute atomic E-state index is 11.3. The molecule has 0 spiro atoms. The molecule has 5 nitrogen and oxygen atoms in total. The Kier molecular flexibility index (Phi) is 4.20. The van der Waals surface area contributed by atoms with Crippen LogP contribution in [0.25, 0.3) is 0 Å². The van der Waals surface area contributed by atoms with Crippen LogP contribution >= 0.6 is 11.6 Å². The number of aromatic nitrogens is 2. The highest BCUT2D eigenvalue weighted by molar-refractivity contribution is 6.39. The van der Waals surface area contributed by atoms with Crippen molar-refractivity contribution in [2.45, 2.75) is 20.4 Å². The SMILES string of the molecule is CC(=O)C(=O)Nc1cc(C)n(Cc2ccccc2Cl)n1. The molecule has 0 unspecified atom stereocenters. The largest absolute Gasteiger partial charge is 0.303 e. The normalized spacial score (nSPS) is 10.3. The molecule has 0 atom stereocenters. The minimum absolute atomic E-state index is 0.356. The number of rotatable bonds is 4. The van der Waals surface area contributed by atoms with Crippen molar-refractivity contribution in [2.75, 3.05) is 5.32 Å². The standard InChI is InChI=1S/C14H14ClN3O2/c1-9-7-13(16-14(20)10(2)19)17-18(9)8-11-5-3-4-6-12(11)15/h3-7H,8H2,1-2H3,(H,16,17,20). The van der Waals surface area contributed by atoms with Gasteiger partial charge in [0.25, 0.3) is 5.91 Å². The van der Waals surface area contributed by atoms with Gasteiger partial charge in [0.15, 0.2) is 5.82 Å². The zero-order chi connectivity index (χ0) is 14.7. The van der Waals surface area contributed by atoms with Gasteiger partial charge in [0.2, 0.25) is 5.78 Å². The zero-order valence-corrected chi connectivity index (χ0v) is 11.9. The van der Waals surface area contributed by atoms with Crippen molar-refractivity contribution in [3.63, 3.8) is 0 Å². The lowest BCUT2D eigenvalue weighted by Crippen LogP contribution is -2.20. The van der Waals surface area contributed by atoms with Crippen molar-refractivity contribution < 1.29 is 9.59 Å². The fourth-order valence-corrected chi connectivity index (χ4v) is 1.92. The van der Waals surface area contributed by atoms with E-state index < -0.39 is 11.7 Å². The monoisotopic (exact) mass is 291 g/mol. The fourth-order valence-electron chi connectivity index (χ4n) is 1.72. The molecule has 20 heavy (non-hydrogen) atoms. The molecule has 0 aliphatic heterocycles. The lowest BCUT2D eigenvalue weighted by molar-refractivity contribution is -0.133. The van der Waals surface area contributed by atoms with Crippen LogP contribution in [0.1, 0.15) is 18.2 Å². The van der Waals surface area contributed by atoms with Crippen LogP contribution < -0.4 is 5.32 Å². The molecule has 1 amide bonds. The molecular weight excluding hydrogens is 278 g/mol. The van der Waals surface area contributed by atoms with Crippen LogP contribution in [-0.2, 0) is 16.1 Å². The average Bonchev–Trinajstić information content (AvgIpc) is 2.72. The molecule has 6 heteroatoms. The molecule has 1 aromatic carbocycles. The lowest BCUT2D eigenvalue weighted by Gasteiger charge is -2.06. The molecule has 1 aromatic heterocycles. The van der Waals surface area contributed by atoms with E-state index in [9.17, 15) is 9.59 Å². The van der Waals surface area contributed by atoms with Gasteiger partial charge in [-0.2, -0.15) is 5.10 Å². The molecule has 1 heterocycles. The van der Waals surface area contributed by atoms with Gasteiger partial charge in [-0.3, -0.25) is 14.3 Å². The van der Waals surface area contributed by atoms with Crippen LogP contribution in [-0.4, -0.2) is 21.5 Å². The second-order valence-corrected chi connectivity index (χ2v) is 4.84. The Bertz CT molecular complexity index is 664. The first-order valence-corrected chi connectivity index (χ1v) is 6.45. The Morgan fingerprint density at radius 3 is 2.70 bits per heavy atom. The average molecular weight is 292 g/mol. The van der Waals surface area contributed by atoms with E-state index in [0.717, 1.165) is 11.3 Å². The number of hydrogen-bond acceptors (Lipinski definition) is 3. The topological polar surface area (TPSA) is 64.0 Å². The lowest BCUT2D eigenvalue weighted by atomic mass is 10.2. The molecule has 0 saturated carbocycles. The second-order valence-electron chi connectivity index (χ2n) is 4.43. The van der Waals surface area contributed by atoms with Crippen LogP contribution in [0.15, 0.2) is 30.3 Å². The Balaban J connectivity index is 2.18. The molecule has 0 fully saturated rings. The highest BCUT2D eigenvalue weighted by Crippen LogP contribution is 2.18. The number of hydrogen-bond donors (Lipinski definition) is 1. The summed E-state index contributed by atoms with van der Waals surface area (Å²) >= 11 is 6.10. The predicted octanol–water partition coefficient (Wildman–Crippen LogP) is 2.42. The molecular formula is C14H14ClN3O2. The number of nitrogens with one attached hydrogen (secondary N) is 1. The third kappa shape index (κ3) is 3.24. The molecule has 104 valence electrons. The summed E-state index contributed by atoms with van der Waals surface area (Å²) in [4.78, 5) is 22.2. The zero-order valence-electron chi connectivity index (χ0n) is 11.2. The van der Waals surface area contributed by atoms with Crippen LogP contribution in [0, 0.1) is 6.92 Å². The summed E-state index contributed by atoms with van der Waals surface area (Å²) in [7, 11) is 0. The van der Waals surface area contributed by atoms with E-state index in [2.05, 4.69) is 10.4 Å². The smallest absolute Gasteiger partial charge is 0.292 e. The van der Waals surface area contributed by atoms with Crippen molar-refractivity contribution in [1.82, 2.24) is 9.78 Å². The number of carbonyl (C=O) groups excluding carboxylic acids is 2. The number of carbonyl (C=O) groups is 2. The fraction of sp³-hybridized carbons (Fsp3) is 0.214. The van der Waals surface area contributed by atoms with E-state index in [1.165, 1.54) is 6.92 Å². The molecule has 2 aromatic rings. The van der Waals surface area contributed by atoms with Crippen molar-refractivity contribution in [1.29, 1.82) is 0 Å².